The van der Waals surface area contributed by atoms with Crippen LogP contribution >= 0.6 is 0 Å². The molecule has 1 rings (SSSR count). The smallest absolute Gasteiger partial charge is 0.326 e. The number of nitrogens with zero attached hydrogens (tertiary/aromatic N) is 1. The number of carboxylic acid groups (broad SMARTS) is 3. The number of aliphatic hydroxyl groups is 2. The zero-order chi connectivity index (χ0) is 52.9. The van der Waals surface area contributed by atoms with E-state index >= 15 is 0 Å². The van der Waals surface area contributed by atoms with E-state index in [1.807, 2.05) is 0 Å². The Labute approximate surface area is 398 Å². The van der Waals surface area contributed by atoms with Gasteiger partial charge < -0.3 is 78.7 Å². The van der Waals surface area contributed by atoms with Gasteiger partial charge in [-0.3, -0.25) is 52.7 Å². The van der Waals surface area contributed by atoms with Crippen molar-refractivity contribution in [2.75, 3.05) is 26.2 Å². The molecule has 1 heterocycles. The molecule has 27 heteroatoms. The highest BCUT2D eigenvalue weighted by Gasteiger charge is 2.40. The van der Waals surface area contributed by atoms with E-state index in [0.717, 1.165) is 0 Å². The molecule has 69 heavy (non-hydrogen) atoms. The molecule has 0 aromatic carbocycles. The predicted molar refractivity (Wildman–Crippen MR) is 240 cm³/mol. The van der Waals surface area contributed by atoms with E-state index in [2.05, 4.69) is 42.5 Å². The first-order chi connectivity index (χ1) is 32.1. The molecule has 0 aliphatic carbocycles. The summed E-state index contributed by atoms with van der Waals surface area (Å²) in [7, 11) is 0. The number of amides is 9. The van der Waals surface area contributed by atoms with Gasteiger partial charge in [-0.05, 0) is 56.8 Å². The molecule has 9 amide bonds. The fourth-order valence-electron chi connectivity index (χ4n) is 6.77. The van der Waals surface area contributed by atoms with E-state index in [9.17, 15) is 72.9 Å². The van der Waals surface area contributed by atoms with Gasteiger partial charge in [-0.1, -0.05) is 41.5 Å². The minimum Gasteiger partial charge on any atom is -0.481 e. The van der Waals surface area contributed by atoms with Crippen LogP contribution in [0.15, 0.2) is 0 Å². The molecule has 9 atom stereocenters. The van der Waals surface area contributed by atoms with Gasteiger partial charge in [0.05, 0.1) is 31.8 Å². The van der Waals surface area contributed by atoms with E-state index in [-0.39, 0.29) is 31.2 Å². The lowest BCUT2D eigenvalue weighted by atomic mass is 10.0. The van der Waals surface area contributed by atoms with Crippen molar-refractivity contribution >= 4 is 71.1 Å². The van der Waals surface area contributed by atoms with Crippen molar-refractivity contribution in [3.05, 3.63) is 0 Å². The lowest BCUT2D eigenvalue weighted by molar-refractivity contribution is -0.144. The summed E-state index contributed by atoms with van der Waals surface area (Å²) in [5, 5.41) is 66.3. The van der Waals surface area contributed by atoms with Crippen molar-refractivity contribution in [3.63, 3.8) is 0 Å². The molecular weight excluding hydrogens is 917 g/mol. The van der Waals surface area contributed by atoms with Gasteiger partial charge in [0.25, 0.3) is 0 Å². The molecule has 390 valence electrons. The van der Waals surface area contributed by atoms with Gasteiger partial charge in [0.2, 0.25) is 53.2 Å². The van der Waals surface area contributed by atoms with Crippen LogP contribution in [-0.4, -0.2) is 182 Å². The third-order valence-corrected chi connectivity index (χ3v) is 10.7. The van der Waals surface area contributed by atoms with Crippen molar-refractivity contribution in [3.8, 4) is 0 Å². The molecule has 0 radical (unpaired) electrons. The van der Waals surface area contributed by atoms with Gasteiger partial charge >= 0.3 is 17.9 Å². The summed E-state index contributed by atoms with van der Waals surface area (Å²) in [6.07, 6.45) is -3.11. The fraction of sp³-hybridized carbons (Fsp3) is 0.714. The number of aliphatic hydroxyl groups excluding tert-OH is 2. The summed E-state index contributed by atoms with van der Waals surface area (Å²) in [6.45, 7) is 8.92. The van der Waals surface area contributed by atoms with Crippen LogP contribution in [0.4, 0.5) is 0 Å². The van der Waals surface area contributed by atoms with Crippen LogP contribution in [0.1, 0.15) is 93.4 Å². The molecular formula is C42H70N10O17. The molecule has 1 fully saturated rings. The second-order valence-electron chi connectivity index (χ2n) is 17.7. The monoisotopic (exact) mass is 986 g/mol. The van der Waals surface area contributed by atoms with Crippen LogP contribution in [0.25, 0.3) is 0 Å². The summed E-state index contributed by atoms with van der Waals surface area (Å²) in [5.74, 6) is -13.4. The molecule has 0 saturated carbocycles. The number of rotatable bonds is 30. The number of carbonyl (C=O) groups excluding carboxylic acids is 9. The van der Waals surface area contributed by atoms with E-state index < -0.39 is 177 Å². The standard InChI is InChI=1S/C42H70N10O17/c1-19(2)15-25(48-36(62)26(18-53)49-39(65)33(21(5)6)50-40(66)34(22(7)54)51-38(64)32(43)20(3)4)41(67)52-14-8-9-27(52)37(63)45-16-28(55)44-17-29(56)46-23(10-12-30(57)58)35(61)47-24(42(68)69)11-13-31(59)60/h19-27,32-34,53-54H,8-18,43H2,1-7H3,(H,44,55)(H,45,63)(H,46,56)(H,47,61)(H,48,62)(H,49,65)(H,50,66)(H,51,64)(H,57,58)(H,59,60)(H,68,69)/t22-,23+,24+,25+,26+,27+,32+,33+,34+/m1/s1. The zero-order valence-electron chi connectivity index (χ0n) is 39.9. The first kappa shape index (κ1) is 60.5. The summed E-state index contributed by atoms with van der Waals surface area (Å²) in [5.41, 5.74) is 5.88. The average molecular weight is 987 g/mol. The summed E-state index contributed by atoms with van der Waals surface area (Å²) in [4.78, 5) is 153. The largest absolute Gasteiger partial charge is 0.481 e. The van der Waals surface area contributed by atoms with Gasteiger partial charge in [-0.2, -0.15) is 0 Å². The normalized spacial score (nSPS) is 16.9. The number of aliphatic carboxylic acids is 3. The van der Waals surface area contributed by atoms with Crippen molar-refractivity contribution in [2.45, 2.75) is 148 Å². The van der Waals surface area contributed by atoms with Crippen molar-refractivity contribution in [1.29, 1.82) is 0 Å². The van der Waals surface area contributed by atoms with Crippen molar-refractivity contribution in [1.82, 2.24) is 47.4 Å². The van der Waals surface area contributed by atoms with Crippen LogP contribution in [0.3, 0.4) is 0 Å². The molecule has 15 N–H and O–H groups in total. The molecule has 1 saturated heterocycles. The van der Waals surface area contributed by atoms with E-state index in [0.29, 0.717) is 6.42 Å². The molecule has 0 aromatic heterocycles. The van der Waals surface area contributed by atoms with Gasteiger partial charge in [0.1, 0.15) is 42.3 Å². The van der Waals surface area contributed by atoms with Crippen LogP contribution < -0.4 is 48.3 Å². The van der Waals surface area contributed by atoms with Crippen LogP contribution in [0, 0.1) is 17.8 Å². The molecule has 1 aliphatic heterocycles. The van der Waals surface area contributed by atoms with Crippen molar-refractivity contribution in [2.24, 2.45) is 23.5 Å². The Morgan fingerprint density at radius 3 is 1.61 bits per heavy atom. The molecule has 0 bridgehead atoms. The van der Waals surface area contributed by atoms with E-state index in [1.165, 1.54) is 11.8 Å². The minimum atomic E-state index is -1.67. The Bertz CT molecular complexity index is 1860. The Hall–Kier alpha value is -6.48. The SMILES string of the molecule is CC(C)C[C@H](NC(=O)[C@H](CO)NC(=O)[C@@H](NC(=O)[C@@H](NC(=O)[C@@H](N)C(C)C)[C@@H](C)O)C(C)C)C(=O)N1CCC[C@H]1C(=O)NCC(=O)NCC(=O)N[C@@H](CCC(=O)O)C(=O)N[C@@H](CCC(=O)O)C(=O)O. The average Bonchev–Trinajstić information content (AvgIpc) is 3.76. The Morgan fingerprint density at radius 1 is 0.594 bits per heavy atom. The number of nitrogens with two attached hydrogens (primary N) is 1. The van der Waals surface area contributed by atoms with Gasteiger partial charge in [0.15, 0.2) is 0 Å². The third kappa shape index (κ3) is 21.1. The molecule has 0 aromatic rings. The molecule has 1 aliphatic rings. The first-order valence-electron chi connectivity index (χ1n) is 22.5. The first-order valence-corrected chi connectivity index (χ1v) is 22.5. The fourth-order valence-corrected chi connectivity index (χ4v) is 6.77. The number of hydrogen-bond acceptors (Lipinski definition) is 15. The van der Waals surface area contributed by atoms with Crippen molar-refractivity contribution < 1.29 is 83.1 Å². The maximum Gasteiger partial charge on any atom is 0.326 e. The van der Waals surface area contributed by atoms with Gasteiger partial charge in [0, 0.05) is 19.4 Å². The van der Waals surface area contributed by atoms with Crippen LogP contribution in [0.2, 0.25) is 0 Å². The van der Waals surface area contributed by atoms with Crippen LogP contribution in [0.5, 0.6) is 0 Å². The second-order valence-corrected chi connectivity index (χ2v) is 17.7. The topological polar surface area (TPSA) is 431 Å². The summed E-state index contributed by atoms with van der Waals surface area (Å²) in [6, 6.07) is -11.1. The maximum atomic E-state index is 14.0. The summed E-state index contributed by atoms with van der Waals surface area (Å²) >= 11 is 0. The van der Waals surface area contributed by atoms with Crippen LogP contribution in [-0.2, 0) is 57.5 Å². The summed E-state index contributed by atoms with van der Waals surface area (Å²) < 4.78 is 0. The van der Waals surface area contributed by atoms with Gasteiger partial charge in [-0.15, -0.1) is 0 Å². The zero-order valence-corrected chi connectivity index (χ0v) is 39.9. The predicted octanol–water partition coefficient (Wildman–Crippen LogP) is -5.01. The highest BCUT2D eigenvalue weighted by atomic mass is 16.4. The number of hydrogen-bond donors (Lipinski definition) is 14. The Balaban J connectivity index is 3.00. The van der Waals surface area contributed by atoms with E-state index in [4.69, 9.17) is 15.9 Å². The third-order valence-electron chi connectivity index (χ3n) is 10.7. The minimum absolute atomic E-state index is 0.0489. The Kier molecular flexibility index (Phi) is 25.8. The maximum absolute atomic E-state index is 14.0. The Morgan fingerprint density at radius 2 is 1.10 bits per heavy atom. The van der Waals surface area contributed by atoms with Gasteiger partial charge in [-0.25, -0.2) is 4.79 Å². The highest BCUT2D eigenvalue weighted by molar-refractivity contribution is 5.98. The number of nitrogens with one attached hydrogen (secondary N) is 8. The molecule has 0 spiro atoms. The lowest BCUT2D eigenvalue weighted by Crippen LogP contribution is -2.62. The lowest BCUT2D eigenvalue weighted by Gasteiger charge is -2.31. The number of carbonyl (C=O) groups is 12. The molecule has 27 nitrogen and oxygen atoms in total. The number of carboxylic acids is 3. The molecule has 0 unspecified atom stereocenters. The van der Waals surface area contributed by atoms with E-state index in [1.54, 1.807) is 41.5 Å². The highest BCUT2D eigenvalue weighted by Crippen LogP contribution is 2.21. The quantitative estimate of drug-likeness (QED) is 0.0320. The second kappa shape index (κ2) is 29.4. The number of likely N-dealkylation sites (tertiary alicyclic amines) is 1.